The molecule has 0 saturated carbocycles. The number of aliphatic carboxylic acids is 1. The minimum absolute atomic E-state index is 0.00578. The molecule has 28 heavy (non-hydrogen) atoms. The lowest BCUT2D eigenvalue weighted by Gasteiger charge is -2.31. The molecule has 0 heterocycles. The van der Waals surface area contributed by atoms with Crippen LogP contribution >= 0.6 is 0 Å². The molecule has 8 nitrogen and oxygen atoms in total. The smallest absolute Gasteiger partial charge is 0.331 e. The number of carboxylic acid groups (broad SMARTS) is 1. The summed E-state index contributed by atoms with van der Waals surface area (Å²) in [6.45, 7) is 5.82. The van der Waals surface area contributed by atoms with E-state index in [0.29, 0.717) is 43.2 Å². The van der Waals surface area contributed by atoms with Crippen molar-refractivity contribution in [3.63, 3.8) is 0 Å². The zero-order chi connectivity index (χ0) is 20.8. The molecule has 0 bridgehead atoms. The third-order valence-corrected chi connectivity index (χ3v) is 5.03. The fourth-order valence-corrected chi connectivity index (χ4v) is 3.66. The Kier molecular flexibility index (Phi) is 7.03. The monoisotopic (exact) mass is 391 g/mol. The summed E-state index contributed by atoms with van der Waals surface area (Å²) in [5.74, 6) is -1.76. The molecule has 0 unspecified atom stereocenters. The lowest BCUT2D eigenvalue weighted by atomic mass is 9.73. The fraction of sp³-hybridized carbons (Fsp3) is 0.450. The predicted octanol–water partition coefficient (Wildman–Crippen LogP) is 3.71. The van der Waals surface area contributed by atoms with E-state index < -0.39 is 17.0 Å². The fourth-order valence-electron chi connectivity index (χ4n) is 3.66. The van der Waals surface area contributed by atoms with Crippen LogP contribution in [0, 0.1) is 16.0 Å². The topological polar surface area (TPSA) is 130 Å². The molecule has 0 aliphatic heterocycles. The van der Waals surface area contributed by atoms with Gasteiger partial charge in [0.05, 0.1) is 6.61 Å². The summed E-state index contributed by atoms with van der Waals surface area (Å²) in [6, 6.07) is 3.09. The molecule has 3 N–H and O–H groups in total. The second kappa shape index (κ2) is 9.25. The molecule has 0 radical (unpaired) electrons. The Labute approximate surface area is 162 Å². The van der Waals surface area contributed by atoms with Crippen molar-refractivity contribution in [2.24, 2.45) is 5.92 Å². The first kappa shape index (κ1) is 21.3. The molecule has 0 amide bonds. The van der Waals surface area contributed by atoms with Gasteiger partial charge in [0, 0.05) is 17.1 Å². The highest BCUT2D eigenvalue weighted by atomic mass is 16.9. The summed E-state index contributed by atoms with van der Waals surface area (Å²) in [5.41, 5.74) is 2.10. The van der Waals surface area contributed by atoms with Gasteiger partial charge in [-0.15, -0.1) is 10.1 Å². The molecule has 8 heteroatoms. The number of phenols is 2. The zero-order valence-electron chi connectivity index (χ0n) is 15.8. The molecule has 2 atom stereocenters. The second-order valence-corrected chi connectivity index (χ2v) is 7.08. The Morgan fingerprint density at radius 3 is 2.50 bits per heavy atom. The quantitative estimate of drug-likeness (QED) is 0.253. The number of unbranched alkanes of at least 4 members (excludes halogenated alkanes) is 1. The molecule has 1 aliphatic rings. The molecule has 1 aliphatic carbocycles. The summed E-state index contributed by atoms with van der Waals surface area (Å²) in [4.78, 5) is 25.7. The lowest BCUT2D eigenvalue weighted by molar-refractivity contribution is -0.757. The lowest BCUT2D eigenvalue weighted by Crippen LogP contribution is -2.20. The largest absolute Gasteiger partial charge is 0.507 e. The van der Waals surface area contributed by atoms with E-state index in [9.17, 15) is 30.2 Å². The summed E-state index contributed by atoms with van der Waals surface area (Å²) < 4.78 is 0. The Morgan fingerprint density at radius 2 is 1.96 bits per heavy atom. The minimum Gasteiger partial charge on any atom is -0.507 e. The van der Waals surface area contributed by atoms with Gasteiger partial charge < -0.3 is 20.2 Å². The number of rotatable bonds is 9. The molecule has 152 valence electrons. The summed E-state index contributed by atoms with van der Waals surface area (Å²) in [5, 5.41) is 39.7. The molecular weight excluding hydrogens is 366 g/mol. The number of aryl methyl sites for hydroxylation is 1. The highest BCUT2D eigenvalue weighted by Gasteiger charge is 2.32. The average Bonchev–Trinajstić information content (AvgIpc) is 2.60. The molecular formula is C20H25NO7. The van der Waals surface area contributed by atoms with E-state index in [4.69, 9.17) is 0 Å². The molecule has 2 rings (SSSR count). The van der Waals surface area contributed by atoms with Gasteiger partial charge in [-0.1, -0.05) is 18.2 Å². The number of hydrogen-bond acceptors (Lipinski definition) is 6. The van der Waals surface area contributed by atoms with Crippen LogP contribution in [0.3, 0.4) is 0 Å². The number of carboxylic acids is 1. The highest BCUT2D eigenvalue weighted by molar-refractivity contribution is 5.87. The van der Waals surface area contributed by atoms with Crippen molar-refractivity contribution in [1.29, 1.82) is 0 Å². The number of carbonyl (C=O) groups is 1. The van der Waals surface area contributed by atoms with Crippen molar-refractivity contribution in [1.82, 2.24) is 0 Å². The SMILES string of the molecule is C=C(C)[C@H]1CCC(C(=O)O)=C[C@@H]1c1c(O)cc(CCCCO[N+](=O)[O-])cc1O. The van der Waals surface area contributed by atoms with Gasteiger partial charge in [-0.25, -0.2) is 4.79 Å². The summed E-state index contributed by atoms with van der Waals surface area (Å²) in [6.07, 6.45) is 4.15. The summed E-state index contributed by atoms with van der Waals surface area (Å²) >= 11 is 0. The van der Waals surface area contributed by atoms with Crippen LogP contribution in [-0.2, 0) is 16.1 Å². The van der Waals surface area contributed by atoms with Gasteiger partial charge in [-0.2, -0.15) is 0 Å². The minimum atomic E-state index is -1.00. The van der Waals surface area contributed by atoms with Crippen molar-refractivity contribution in [3.05, 3.63) is 57.2 Å². The molecule has 0 aromatic heterocycles. The first-order valence-electron chi connectivity index (χ1n) is 9.12. The van der Waals surface area contributed by atoms with Gasteiger partial charge in [0.25, 0.3) is 5.09 Å². The Morgan fingerprint density at radius 1 is 1.32 bits per heavy atom. The third kappa shape index (κ3) is 5.25. The van der Waals surface area contributed by atoms with Crippen LogP contribution in [0.25, 0.3) is 0 Å². The van der Waals surface area contributed by atoms with Crippen molar-refractivity contribution < 1.29 is 30.0 Å². The van der Waals surface area contributed by atoms with Crippen LogP contribution in [0.4, 0.5) is 0 Å². The van der Waals surface area contributed by atoms with Gasteiger partial charge in [-0.3, -0.25) is 0 Å². The zero-order valence-corrected chi connectivity index (χ0v) is 15.8. The van der Waals surface area contributed by atoms with E-state index in [0.717, 1.165) is 5.57 Å². The van der Waals surface area contributed by atoms with Crippen LogP contribution in [0.1, 0.15) is 49.7 Å². The maximum Gasteiger partial charge on any atom is 0.331 e. The van der Waals surface area contributed by atoms with E-state index in [2.05, 4.69) is 11.4 Å². The summed E-state index contributed by atoms with van der Waals surface area (Å²) in [7, 11) is 0. The normalized spacial score (nSPS) is 19.0. The number of phenolic OH excluding ortho intramolecular Hbond substituents is 2. The third-order valence-electron chi connectivity index (χ3n) is 5.03. The standard InChI is InChI=1S/C20H25NO7/c1-12(2)15-7-6-14(20(24)25)11-16(15)19-17(22)9-13(10-18(19)23)5-3-4-8-28-21(26)27/h9-11,15-16,22-23H,1,3-8H2,2H3,(H,24,25)/t15-,16+/m1/s1. The number of aromatic hydroxyl groups is 2. The molecule has 0 saturated heterocycles. The van der Waals surface area contributed by atoms with Gasteiger partial charge in [-0.05, 0) is 62.6 Å². The number of hydrogen-bond donors (Lipinski definition) is 3. The molecule has 1 aromatic rings. The van der Waals surface area contributed by atoms with Crippen molar-refractivity contribution in [2.45, 2.75) is 44.9 Å². The maximum atomic E-state index is 11.4. The number of allylic oxidation sites excluding steroid dienone is 2. The van der Waals surface area contributed by atoms with Crippen molar-refractivity contribution in [2.75, 3.05) is 6.61 Å². The molecule has 0 fully saturated rings. The van der Waals surface area contributed by atoms with Crippen molar-refractivity contribution >= 4 is 5.97 Å². The van der Waals surface area contributed by atoms with E-state index in [1.807, 2.05) is 6.92 Å². The van der Waals surface area contributed by atoms with Gasteiger partial charge in [0.15, 0.2) is 0 Å². The van der Waals surface area contributed by atoms with E-state index in [-0.39, 0.29) is 29.6 Å². The van der Waals surface area contributed by atoms with Gasteiger partial charge in [0.1, 0.15) is 11.5 Å². The van der Waals surface area contributed by atoms with Gasteiger partial charge in [0.2, 0.25) is 0 Å². The van der Waals surface area contributed by atoms with Crippen molar-refractivity contribution in [3.8, 4) is 11.5 Å². The van der Waals surface area contributed by atoms with Crippen LogP contribution in [0.15, 0.2) is 35.9 Å². The van der Waals surface area contributed by atoms with E-state index >= 15 is 0 Å². The number of nitrogens with zero attached hydrogens (tertiary/aromatic N) is 1. The van der Waals surface area contributed by atoms with Crippen LogP contribution in [0.5, 0.6) is 11.5 Å². The van der Waals surface area contributed by atoms with E-state index in [1.165, 1.54) is 0 Å². The average molecular weight is 391 g/mol. The Balaban J connectivity index is 2.22. The maximum absolute atomic E-state index is 11.4. The van der Waals surface area contributed by atoms with E-state index in [1.54, 1.807) is 18.2 Å². The molecule has 1 aromatic carbocycles. The van der Waals surface area contributed by atoms with Gasteiger partial charge >= 0.3 is 5.97 Å². The highest BCUT2D eigenvalue weighted by Crippen LogP contribution is 2.46. The van der Waals surface area contributed by atoms with Crippen LogP contribution in [-0.4, -0.2) is 33.0 Å². The second-order valence-electron chi connectivity index (χ2n) is 7.08. The molecule has 0 spiro atoms. The number of benzene rings is 1. The Bertz CT molecular complexity index is 777. The first-order chi connectivity index (χ1) is 13.2. The van der Waals surface area contributed by atoms with Crippen LogP contribution in [0.2, 0.25) is 0 Å². The Hall–Kier alpha value is -3.03. The first-order valence-corrected chi connectivity index (χ1v) is 9.12. The van der Waals surface area contributed by atoms with Crippen LogP contribution < -0.4 is 0 Å². The predicted molar refractivity (Wildman–Crippen MR) is 102 cm³/mol.